The first-order valence-electron chi connectivity index (χ1n) is 9.52. The first-order valence-corrected chi connectivity index (χ1v) is 9.52. The molecule has 0 aliphatic rings. The summed E-state index contributed by atoms with van der Waals surface area (Å²) in [4.78, 5) is 12.2. The maximum absolute atomic E-state index is 14.4. The van der Waals surface area contributed by atoms with Gasteiger partial charge in [0.25, 0.3) is 0 Å². The Hall–Kier alpha value is -3.63. The number of hydrogen-bond donors (Lipinski definition) is 0. The predicted molar refractivity (Wildman–Crippen MR) is 112 cm³/mol. The van der Waals surface area contributed by atoms with Crippen molar-refractivity contribution in [2.75, 3.05) is 20.5 Å². The van der Waals surface area contributed by atoms with E-state index in [1.807, 2.05) is 0 Å². The van der Waals surface area contributed by atoms with Gasteiger partial charge < -0.3 is 18.8 Å². The molecule has 0 N–H and O–H groups in total. The molecule has 0 saturated heterocycles. The van der Waals surface area contributed by atoms with E-state index in [0.29, 0.717) is 16.8 Å². The molecule has 5 nitrogen and oxygen atoms in total. The topological polar surface area (TPSA) is 49.7 Å². The molecule has 7 heteroatoms. The van der Waals surface area contributed by atoms with Crippen LogP contribution in [0.15, 0.2) is 48.8 Å². The Kier molecular flexibility index (Phi) is 7.06. The number of ether oxygens (including phenoxy) is 3. The third-order valence-electron chi connectivity index (χ3n) is 4.40. The van der Waals surface area contributed by atoms with Crippen molar-refractivity contribution in [2.45, 2.75) is 13.8 Å². The molecule has 0 bridgehead atoms. The van der Waals surface area contributed by atoms with E-state index in [-0.39, 0.29) is 30.3 Å². The summed E-state index contributed by atoms with van der Waals surface area (Å²) in [5.74, 6) is 4.18. The molecule has 0 radical (unpaired) electrons. The zero-order valence-corrected chi connectivity index (χ0v) is 17.4. The lowest BCUT2D eigenvalue weighted by Gasteiger charge is -2.12. The van der Waals surface area contributed by atoms with E-state index >= 15 is 0 Å². The number of halogens is 2. The van der Waals surface area contributed by atoms with Crippen LogP contribution in [0.3, 0.4) is 0 Å². The molecule has 0 aliphatic heterocycles. The van der Waals surface area contributed by atoms with Gasteiger partial charge in [0.05, 0.1) is 12.2 Å². The molecule has 1 aromatic heterocycles. The van der Waals surface area contributed by atoms with Crippen molar-refractivity contribution in [3.05, 3.63) is 71.6 Å². The van der Waals surface area contributed by atoms with Gasteiger partial charge in [0.15, 0.2) is 6.79 Å². The Labute approximate surface area is 179 Å². The summed E-state index contributed by atoms with van der Waals surface area (Å²) in [6.07, 6.45) is 3.42. The average molecular weight is 425 g/mol. The predicted octanol–water partition coefficient (Wildman–Crippen LogP) is 4.95. The highest BCUT2D eigenvalue weighted by atomic mass is 19.1. The Morgan fingerprint density at radius 1 is 1.10 bits per heavy atom. The summed E-state index contributed by atoms with van der Waals surface area (Å²) in [7, 11) is 1.47. The smallest absolute Gasteiger partial charge is 0.341 e. The van der Waals surface area contributed by atoms with E-state index in [1.165, 1.54) is 19.2 Å². The zero-order chi connectivity index (χ0) is 22.4. The van der Waals surface area contributed by atoms with Crippen molar-refractivity contribution < 1.29 is 27.8 Å². The van der Waals surface area contributed by atoms with Crippen LogP contribution in [0, 0.1) is 23.5 Å². The molecule has 2 aromatic carbocycles. The minimum absolute atomic E-state index is 0.0554. The summed E-state index contributed by atoms with van der Waals surface area (Å²) in [6.45, 7) is 3.56. The van der Waals surface area contributed by atoms with Crippen LogP contribution in [-0.2, 0) is 9.47 Å². The highest BCUT2D eigenvalue weighted by Crippen LogP contribution is 2.31. The normalized spacial score (nSPS) is 10.4. The molecule has 0 fully saturated rings. The number of carbonyl (C=O) groups excluding carboxylic acids is 1. The van der Waals surface area contributed by atoms with Crippen LogP contribution in [-0.4, -0.2) is 31.0 Å². The summed E-state index contributed by atoms with van der Waals surface area (Å²) in [5, 5.41) is 0. The Bertz CT molecular complexity index is 1160. The van der Waals surface area contributed by atoms with E-state index in [1.54, 1.807) is 49.0 Å². The molecule has 0 spiro atoms. The highest BCUT2D eigenvalue weighted by Gasteiger charge is 2.17. The van der Waals surface area contributed by atoms with E-state index in [0.717, 1.165) is 6.07 Å². The fourth-order valence-electron chi connectivity index (χ4n) is 3.05. The maximum Gasteiger partial charge on any atom is 0.341 e. The molecule has 0 aliphatic carbocycles. The van der Waals surface area contributed by atoms with Crippen molar-refractivity contribution in [1.29, 1.82) is 0 Å². The van der Waals surface area contributed by atoms with Gasteiger partial charge in [-0.25, -0.2) is 13.6 Å². The quantitative estimate of drug-likeness (QED) is 0.305. The van der Waals surface area contributed by atoms with Gasteiger partial charge in [0.1, 0.15) is 22.9 Å². The third kappa shape index (κ3) is 4.93. The van der Waals surface area contributed by atoms with Crippen molar-refractivity contribution in [2.24, 2.45) is 0 Å². The van der Waals surface area contributed by atoms with Crippen LogP contribution in [0.25, 0.3) is 16.8 Å². The number of esters is 1. The first-order chi connectivity index (χ1) is 15.0. The number of aromatic nitrogens is 1. The number of benzene rings is 2. The molecule has 0 atom stereocenters. The second-order valence-electron chi connectivity index (χ2n) is 6.44. The van der Waals surface area contributed by atoms with Gasteiger partial charge in [0.2, 0.25) is 0 Å². The van der Waals surface area contributed by atoms with Gasteiger partial charge in [-0.3, -0.25) is 0 Å². The summed E-state index contributed by atoms with van der Waals surface area (Å²) >= 11 is 0. The number of methoxy groups -OCH3 is 1. The molecule has 160 valence electrons. The molecule has 1 heterocycles. The molecular formula is C24H21F2NO4. The van der Waals surface area contributed by atoms with Gasteiger partial charge in [-0.05, 0) is 38.1 Å². The average Bonchev–Trinajstić information content (AvgIpc) is 3.16. The minimum atomic E-state index is -0.682. The van der Waals surface area contributed by atoms with Gasteiger partial charge in [-0.2, -0.15) is 0 Å². The molecule has 0 saturated carbocycles. The third-order valence-corrected chi connectivity index (χ3v) is 4.40. The monoisotopic (exact) mass is 425 g/mol. The van der Waals surface area contributed by atoms with Crippen LogP contribution in [0.5, 0.6) is 5.75 Å². The lowest BCUT2D eigenvalue weighted by Crippen LogP contribution is -2.10. The van der Waals surface area contributed by atoms with Gasteiger partial charge in [-0.15, -0.1) is 5.92 Å². The highest BCUT2D eigenvalue weighted by molar-refractivity contribution is 5.93. The zero-order valence-electron chi connectivity index (χ0n) is 17.4. The second-order valence-corrected chi connectivity index (χ2v) is 6.44. The van der Waals surface area contributed by atoms with Gasteiger partial charge in [-0.1, -0.05) is 5.92 Å². The summed E-state index contributed by atoms with van der Waals surface area (Å²) < 4.78 is 45.1. The Morgan fingerprint density at radius 3 is 2.58 bits per heavy atom. The van der Waals surface area contributed by atoms with Crippen LogP contribution < -0.4 is 4.74 Å². The number of hydrogen-bond acceptors (Lipinski definition) is 4. The molecular weight excluding hydrogens is 404 g/mol. The lowest BCUT2D eigenvalue weighted by atomic mass is 10.0. The SMILES string of the molecule is CC#Cc1cn(-c2ccc(C(=O)OCC)c(OCOC)c2)cc1-c1ccc(F)cc1F. The van der Waals surface area contributed by atoms with Crippen LogP contribution in [0.1, 0.15) is 29.8 Å². The van der Waals surface area contributed by atoms with Crippen molar-refractivity contribution in [3.8, 4) is 34.4 Å². The van der Waals surface area contributed by atoms with Crippen LogP contribution in [0.4, 0.5) is 8.78 Å². The summed E-state index contributed by atoms with van der Waals surface area (Å²) in [6, 6.07) is 8.35. The van der Waals surface area contributed by atoms with Gasteiger partial charge >= 0.3 is 5.97 Å². The molecule has 3 rings (SSSR count). The lowest BCUT2D eigenvalue weighted by molar-refractivity contribution is 0.0438. The first kappa shape index (κ1) is 22.1. The fraction of sp³-hybridized carbons (Fsp3) is 0.208. The van der Waals surface area contributed by atoms with Crippen LogP contribution >= 0.6 is 0 Å². The van der Waals surface area contributed by atoms with Crippen molar-refractivity contribution in [1.82, 2.24) is 4.57 Å². The van der Waals surface area contributed by atoms with E-state index in [2.05, 4.69) is 11.8 Å². The molecule has 3 aromatic rings. The van der Waals surface area contributed by atoms with E-state index in [9.17, 15) is 13.6 Å². The number of nitrogens with zero attached hydrogens (tertiary/aromatic N) is 1. The van der Waals surface area contributed by atoms with Crippen LogP contribution in [0.2, 0.25) is 0 Å². The Balaban J connectivity index is 2.09. The largest absolute Gasteiger partial charge is 0.467 e. The molecule has 0 amide bonds. The summed E-state index contributed by atoms with van der Waals surface area (Å²) in [5.41, 5.74) is 2.22. The molecule has 0 unspecified atom stereocenters. The Morgan fingerprint density at radius 2 is 1.90 bits per heavy atom. The van der Waals surface area contributed by atoms with Crippen molar-refractivity contribution in [3.63, 3.8) is 0 Å². The van der Waals surface area contributed by atoms with E-state index in [4.69, 9.17) is 14.2 Å². The minimum Gasteiger partial charge on any atom is -0.467 e. The molecule has 31 heavy (non-hydrogen) atoms. The standard InChI is InChI=1S/C24H21F2NO4/c1-4-6-16-13-27(14-21(16)19-9-7-17(25)11-22(19)26)18-8-10-20(24(28)30-5-2)23(12-18)31-15-29-3/h7-14H,5,15H2,1-3H3. The number of rotatable bonds is 7. The maximum atomic E-state index is 14.4. The fourth-order valence-corrected chi connectivity index (χ4v) is 3.05. The van der Waals surface area contributed by atoms with Gasteiger partial charge in [0, 0.05) is 48.5 Å². The van der Waals surface area contributed by atoms with E-state index < -0.39 is 17.6 Å². The second kappa shape index (κ2) is 9.92. The van der Waals surface area contributed by atoms with Crippen molar-refractivity contribution >= 4 is 5.97 Å². The number of carbonyl (C=O) groups is 1.